The van der Waals surface area contributed by atoms with Gasteiger partial charge >= 0.3 is 0 Å². The molecule has 0 aliphatic carbocycles. The summed E-state index contributed by atoms with van der Waals surface area (Å²) >= 11 is 2.50. The van der Waals surface area contributed by atoms with Crippen molar-refractivity contribution >= 4 is 44.8 Å². The zero-order valence-electron chi connectivity index (χ0n) is 10.3. The number of nitro benzene ring substituents is 1. The maximum atomic E-state index is 11.8. The van der Waals surface area contributed by atoms with Crippen molar-refractivity contribution < 1.29 is 9.72 Å². The summed E-state index contributed by atoms with van der Waals surface area (Å²) in [7, 11) is 0. The highest BCUT2D eigenvalue weighted by molar-refractivity contribution is 8.45. The minimum atomic E-state index is -0.470. The Morgan fingerprint density at radius 2 is 2.30 bits per heavy atom. The van der Waals surface area contributed by atoms with Gasteiger partial charge in [0.05, 0.1) is 4.92 Å². The summed E-state index contributed by atoms with van der Waals surface area (Å²) < 4.78 is 0.673. The number of hydrogen-bond acceptors (Lipinski definition) is 6. The van der Waals surface area contributed by atoms with E-state index in [9.17, 15) is 14.9 Å². The van der Waals surface area contributed by atoms with Crippen LogP contribution in [-0.2, 0) is 4.79 Å². The molecule has 0 spiro atoms. The number of aliphatic imine (C=N–C) groups is 1. The number of rotatable bonds is 4. The molecular formula is C13H10N2O3S2. The van der Waals surface area contributed by atoms with Crippen molar-refractivity contribution in [2.45, 2.75) is 0 Å². The van der Waals surface area contributed by atoms with E-state index in [2.05, 4.69) is 11.6 Å². The van der Waals surface area contributed by atoms with Gasteiger partial charge in [0.1, 0.15) is 10.1 Å². The van der Waals surface area contributed by atoms with Gasteiger partial charge < -0.3 is 0 Å². The second-order valence-corrected chi connectivity index (χ2v) is 5.98. The third-order valence-corrected chi connectivity index (χ3v) is 4.31. The molecular weight excluding hydrogens is 296 g/mol. The van der Waals surface area contributed by atoms with Gasteiger partial charge in [-0.15, -0.1) is 6.58 Å². The smallest absolute Gasteiger partial charge is 0.270 e. The highest BCUT2D eigenvalue weighted by Gasteiger charge is 2.22. The number of nitro groups is 1. The van der Waals surface area contributed by atoms with Crippen LogP contribution in [0.3, 0.4) is 0 Å². The molecule has 2 rings (SSSR count). The lowest BCUT2D eigenvalue weighted by Crippen LogP contribution is -1.90. The van der Waals surface area contributed by atoms with Crippen LogP contribution < -0.4 is 0 Å². The van der Waals surface area contributed by atoms with Gasteiger partial charge in [0.25, 0.3) is 5.69 Å². The van der Waals surface area contributed by atoms with Crippen LogP contribution in [0.25, 0.3) is 6.08 Å². The Morgan fingerprint density at radius 3 is 3.00 bits per heavy atom. The molecule has 1 aromatic carbocycles. The first-order valence-electron chi connectivity index (χ1n) is 5.61. The van der Waals surface area contributed by atoms with Gasteiger partial charge in [0.2, 0.25) is 5.12 Å². The molecule has 7 heteroatoms. The summed E-state index contributed by atoms with van der Waals surface area (Å²) in [5, 5.41) is 10.5. The summed E-state index contributed by atoms with van der Waals surface area (Å²) in [5.41, 5.74) is 0.881. The Balaban J connectivity index is 2.24. The van der Waals surface area contributed by atoms with E-state index < -0.39 is 4.92 Å². The zero-order chi connectivity index (χ0) is 14.5. The molecule has 0 saturated heterocycles. The molecule has 1 heterocycles. The fraction of sp³-hybridized carbons (Fsp3) is 0.0769. The van der Waals surface area contributed by atoms with Gasteiger partial charge in [0.15, 0.2) is 0 Å². The predicted octanol–water partition coefficient (Wildman–Crippen LogP) is 3.48. The maximum Gasteiger partial charge on any atom is 0.270 e. The van der Waals surface area contributed by atoms with E-state index in [1.54, 1.807) is 24.3 Å². The summed E-state index contributed by atoms with van der Waals surface area (Å²) in [4.78, 5) is 26.2. The predicted molar refractivity (Wildman–Crippen MR) is 83.8 cm³/mol. The molecule has 0 unspecified atom stereocenters. The lowest BCUT2D eigenvalue weighted by atomic mass is 10.2. The Labute approximate surface area is 124 Å². The summed E-state index contributed by atoms with van der Waals surface area (Å²) in [6, 6.07) is 6.09. The molecule has 102 valence electrons. The van der Waals surface area contributed by atoms with Crippen LogP contribution in [0.2, 0.25) is 0 Å². The van der Waals surface area contributed by atoms with E-state index in [0.717, 1.165) is 11.8 Å². The monoisotopic (exact) mass is 306 g/mol. The van der Waals surface area contributed by atoms with Gasteiger partial charge in [-0.25, -0.2) is 4.99 Å². The van der Waals surface area contributed by atoms with Crippen LogP contribution in [0.1, 0.15) is 5.56 Å². The quantitative estimate of drug-likeness (QED) is 0.368. The molecule has 0 amide bonds. The molecule has 0 aromatic heterocycles. The number of benzene rings is 1. The number of carbonyl (C=O) groups excluding carboxylic acids is 1. The van der Waals surface area contributed by atoms with Crippen LogP contribution in [-0.4, -0.2) is 20.2 Å². The Kier molecular flexibility index (Phi) is 4.75. The van der Waals surface area contributed by atoms with Crippen molar-refractivity contribution in [3.05, 3.63) is 58.3 Å². The van der Waals surface area contributed by atoms with Gasteiger partial charge in [-0.1, -0.05) is 30.0 Å². The molecule has 5 nitrogen and oxygen atoms in total. The fourth-order valence-corrected chi connectivity index (χ4v) is 3.07. The Morgan fingerprint density at radius 1 is 1.50 bits per heavy atom. The topological polar surface area (TPSA) is 72.6 Å². The van der Waals surface area contributed by atoms with E-state index in [1.165, 1.54) is 23.9 Å². The molecule has 0 atom stereocenters. The van der Waals surface area contributed by atoms with E-state index in [4.69, 9.17) is 0 Å². The largest absolute Gasteiger partial charge is 0.279 e. The minimum Gasteiger partial charge on any atom is -0.279 e. The average Bonchev–Trinajstić information content (AvgIpc) is 2.77. The van der Waals surface area contributed by atoms with E-state index in [0.29, 0.717) is 21.4 Å². The third-order valence-electron chi connectivity index (χ3n) is 2.31. The van der Waals surface area contributed by atoms with E-state index in [-0.39, 0.29) is 10.8 Å². The molecule has 0 saturated carbocycles. The number of non-ortho nitro benzene ring substituents is 1. The lowest BCUT2D eigenvalue weighted by Gasteiger charge is -1.95. The molecule has 0 fully saturated rings. The zero-order valence-corrected chi connectivity index (χ0v) is 11.9. The normalized spacial score (nSPS) is 16.3. The SMILES string of the molecule is C=CCSC1=NC(=Cc2cccc([N+](=O)[O-])c2)C(=O)S1. The first-order chi connectivity index (χ1) is 9.60. The van der Waals surface area contributed by atoms with Crippen LogP contribution in [0, 0.1) is 10.1 Å². The Hall–Kier alpha value is -1.86. The Bertz CT molecular complexity index is 638. The van der Waals surface area contributed by atoms with Crippen LogP contribution in [0.5, 0.6) is 0 Å². The van der Waals surface area contributed by atoms with Crippen LogP contribution >= 0.6 is 23.5 Å². The number of thioether (sulfide) groups is 2. The number of carbonyl (C=O) groups is 1. The summed E-state index contributed by atoms with van der Waals surface area (Å²) in [5.74, 6) is 0.684. The minimum absolute atomic E-state index is 0.0114. The van der Waals surface area contributed by atoms with Crippen molar-refractivity contribution in [1.82, 2.24) is 0 Å². The standard InChI is InChI=1S/C13H10N2O3S2/c1-2-6-19-13-14-11(12(16)20-13)8-9-4-3-5-10(7-9)15(17)18/h2-5,7-8H,1,6H2. The number of hydrogen-bond donors (Lipinski definition) is 0. The van der Waals surface area contributed by atoms with Crippen LogP contribution in [0.15, 0.2) is 47.6 Å². The first kappa shape index (κ1) is 14.5. The molecule has 0 radical (unpaired) electrons. The van der Waals surface area contributed by atoms with Crippen molar-refractivity contribution in [1.29, 1.82) is 0 Å². The molecule has 20 heavy (non-hydrogen) atoms. The molecule has 1 aliphatic rings. The summed E-state index contributed by atoms with van der Waals surface area (Å²) in [6.07, 6.45) is 3.30. The van der Waals surface area contributed by atoms with Crippen molar-refractivity contribution in [3.63, 3.8) is 0 Å². The van der Waals surface area contributed by atoms with Gasteiger partial charge in [0, 0.05) is 17.9 Å². The summed E-state index contributed by atoms with van der Waals surface area (Å²) in [6.45, 7) is 3.61. The second kappa shape index (κ2) is 6.53. The molecule has 1 aliphatic heterocycles. The first-order valence-corrected chi connectivity index (χ1v) is 7.41. The highest BCUT2D eigenvalue weighted by atomic mass is 32.2. The van der Waals surface area contributed by atoms with Gasteiger partial charge in [-0.2, -0.15) is 0 Å². The van der Waals surface area contributed by atoms with Crippen molar-refractivity contribution in [2.24, 2.45) is 4.99 Å². The number of nitrogens with zero attached hydrogens (tertiary/aromatic N) is 2. The third kappa shape index (κ3) is 3.58. The van der Waals surface area contributed by atoms with Crippen LogP contribution in [0.4, 0.5) is 5.69 Å². The fourth-order valence-electron chi connectivity index (χ4n) is 1.47. The van der Waals surface area contributed by atoms with Crippen molar-refractivity contribution in [2.75, 3.05) is 5.75 Å². The maximum absolute atomic E-state index is 11.8. The highest BCUT2D eigenvalue weighted by Crippen LogP contribution is 2.31. The van der Waals surface area contributed by atoms with E-state index in [1.807, 2.05) is 0 Å². The molecule has 1 aromatic rings. The lowest BCUT2D eigenvalue weighted by molar-refractivity contribution is -0.384. The van der Waals surface area contributed by atoms with Gasteiger partial charge in [-0.05, 0) is 23.4 Å². The van der Waals surface area contributed by atoms with Crippen molar-refractivity contribution in [3.8, 4) is 0 Å². The molecule has 0 bridgehead atoms. The van der Waals surface area contributed by atoms with Gasteiger partial charge in [-0.3, -0.25) is 14.9 Å². The average molecular weight is 306 g/mol. The van der Waals surface area contributed by atoms with E-state index >= 15 is 0 Å². The molecule has 0 N–H and O–H groups in total. The second-order valence-electron chi connectivity index (χ2n) is 3.75.